The summed E-state index contributed by atoms with van der Waals surface area (Å²) in [6.45, 7) is 6.36. The first-order valence-corrected chi connectivity index (χ1v) is 6.89. The van der Waals surface area contributed by atoms with E-state index in [2.05, 4.69) is 13.8 Å². The van der Waals surface area contributed by atoms with Crippen LogP contribution in [0.2, 0.25) is 0 Å². The zero-order valence-electron chi connectivity index (χ0n) is 11.8. The third kappa shape index (κ3) is 2.95. The van der Waals surface area contributed by atoms with Gasteiger partial charge in [-0.25, -0.2) is 0 Å². The Morgan fingerprint density at radius 3 is 2.32 bits per heavy atom. The Labute approximate surface area is 114 Å². The summed E-state index contributed by atoms with van der Waals surface area (Å²) in [5, 5.41) is 0. The van der Waals surface area contributed by atoms with E-state index in [1.807, 2.05) is 37.3 Å². The first kappa shape index (κ1) is 13.6. The quantitative estimate of drug-likeness (QED) is 0.732. The molecular formula is C17H20O2. The highest BCUT2D eigenvalue weighted by Gasteiger charge is 2.13. The molecular weight excluding hydrogens is 236 g/mol. The number of carbonyl (C=O) groups is 1. The van der Waals surface area contributed by atoms with Crippen molar-refractivity contribution in [3.8, 4) is 0 Å². The number of benzene rings is 1. The van der Waals surface area contributed by atoms with Gasteiger partial charge < -0.3 is 4.42 Å². The van der Waals surface area contributed by atoms with Crippen LogP contribution in [0.4, 0.5) is 0 Å². The van der Waals surface area contributed by atoms with Gasteiger partial charge in [0.05, 0.1) is 0 Å². The number of hydrogen-bond acceptors (Lipinski definition) is 2. The number of rotatable bonds is 5. The fraction of sp³-hybridized carbons (Fsp3) is 0.353. The van der Waals surface area contributed by atoms with Crippen LogP contribution in [0.15, 0.2) is 40.8 Å². The summed E-state index contributed by atoms with van der Waals surface area (Å²) in [6, 6.07) is 11.5. The van der Waals surface area contributed by atoms with E-state index in [1.165, 1.54) is 5.56 Å². The molecule has 1 unspecified atom stereocenters. The molecule has 0 fully saturated rings. The van der Waals surface area contributed by atoms with E-state index in [0.29, 0.717) is 17.2 Å². The third-order valence-electron chi connectivity index (χ3n) is 3.59. The maximum Gasteiger partial charge on any atom is 0.228 e. The first-order chi connectivity index (χ1) is 9.15. The Hall–Kier alpha value is -1.83. The molecule has 2 nitrogen and oxygen atoms in total. The van der Waals surface area contributed by atoms with Crippen LogP contribution < -0.4 is 0 Å². The number of aryl methyl sites for hydroxylation is 1. The molecule has 0 saturated carbocycles. The predicted octanol–water partition coefficient (Wildman–Crippen LogP) is 4.59. The lowest BCUT2D eigenvalue weighted by Gasteiger charge is -2.08. The van der Waals surface area contributed by atoms with Crippen LogP contribution in [0.25, 0.3) is 0 Å². The molecule has 0 radical (unpaired) electrons. The molecule has 2 rings (SSSR count). The molecule has 1 heterocycles. The van der Waals surface area contributed by atoms with E-state index in [-0.39, 0.29) is 5.78 Å². The molecule has 0 spiro atoms. The van der Waals surface area contributed by atoms with Gasteiger partial charge in [-0.15, -0.1) is 0 Å². The second kappa shape index (κ2) is 5.87. The molecule has 1 atom stereocenters. The maximum absolute atomic E-state index is 12.2. The molecule has 1 aromatic heterocycles. The normalized spacial score (nSPS) is 12.4. The van der Waals surface area contributed by atoms with Crippen molar-refractivity contribution in [3.63, 3.8) is 0 Å². The van der Waals surface area contributed by atoms with Crippen molar-refractivity contribution in [1.29, 1.82) is 0 Å². The Morgan fingerprint density at radius 2 is 1.79 bits per heavy atom. The van der Waals surface area contributed by atoms with Gasteiger partial charge in [0.25, 0.3) is 0 Å². The number of furan rings is 1. The lowest BCUT2D eigenvalue weighted by molar-refractivity contribution is 0.101. The lowest BCUT2D eigenvalue weighted by Crippen LogP contribution is -2.00. The maximum atomic E-state index is 12.2. The zero-order chi connectivity index (χ0) is 13.8. The molecule has 2 heteroatoms. The Balaban J connectivity index is 2.19. The molecule has 0 aliphatic carbocycles. The van der Waals surface area contributed by atoms with Crippen LogP contribution in [0.3, 0.4) is 0 Å². The van der Waals surface area contributed by atoms with Crippen molar-refractivity contribution in [2.45, 2.75) is 39.5 Å². The Kier molecular flexibility index (Phi) is 4.20. The summed E-state index contributed by atoms with van der Waals surface area (Å²) >= 11 is 0. The minimum atomic E-state index is -0.0459. The molecule has 0 aliphatic heterocycles. The van der Waals surface area contributed by atoms with Gasteiger partial charge in [-0.05, 0) is 30.0 Å². The van der Waals surface area contributed by atoms with Gasteiger partial charge in [-0.3, -0.25) is 4.79 Å². The Morgan fingerprint density at radius 1 is 1.11 bits per heavy atom. The molecule has 0 saturated heterocycles. The monoisotopic (exact) mass is 256 g/mol. The van der Waals surface area contributed by atoms with Crippen molar-refractivity contribution < 1.29 is 9.21 Å². The van der Waals surface area contributed by atoms with Crippen LogP contribution >= 0.6 is 0 Å². The topological polar surface area (TPSA) is 30.2 Å². The molecule has 0 N–H and O–H groups in total. The van der Waals surface area contributed by atoms with E-state index in [1.54, 1.807) is 6.07 Å². The van der Waals surface area contributed by atoms with Gasteiger partial charge in [0.1, 0.15) is 5.76 Å². The molecule has 0 bridgehead atoms. The van der Waals surface area contributed by atoms with Gasteiger partial charge in [0.2, 0.25) is 5.78 Å². The van der Waals surface area contributed by atoms with E-state index >= 15 is 0 Å². The van der Waals surface area contributed by atoms with E-state index in [4.69, 9.17) is 4.42 Å². The van der Waals surface area contributed by atoms with Crippen LogP contribution in [0.1, 0.15) is 60.6 Å². The van der Waals surface area contributed by atoms with E-state index < -0.39 is 0 Å². The zero-order valence-corrected chi connectivity index (χ0v) is 11.8. The van der Waals surface area contributed by atoms with Crippen LogP contribution in [0.5, 0.6) is 0 Å². The largest absolute Gasteiger partial charge is 0.458 e. The van der Waals surface area contributed by atoms with Crippen LogP contribution in [0, 0.1) is 0 Å². The van der Waals surface area contributed by atoms with Crippen LogP contribution in [-0.2, 0) is 6.42 Å². The summed E-state index contributed by atoms with van der Waals surface area (Å²) in [4.78, 5) is 12.2. The molecule has 1 aromatic carbocycles. The minimum absolute atomic E-state index is 0.0459. The van der Waals surface area contributed by atoms with Crippen molar-refractivity contribution >= 4 is 5.78 Å². The molecule has 2 aromatic rings. The predicted molar refractivity (Wildman–Crippen MR) is 76.7 cm³/mol. The lowest BCUT2D eigenvalue weighted by atomic mass is 9.96. The highest BCUT2D eigenvalue weighted by atomic mass is 16.3. The molecule has 0 aliphatic rings. The van der Waals surface area contributed by atoms with E-state index in [0.717, 1.165) is 18.6 Å². The first-order valence-electron chi connectivity index (χ1n) is 6.89. The fourth-order valence-electron chi connectivity index (χ4n) is 2.03. The fourth-order valence-corrected chi connectivity index (χ4v) is 2.03. The molecule has 19 heavy (non-hydrogen) atoms. The van der Waals surface area contributed by atoms with Gasteiger partial charge in [0, 0.05) is 12.0 Å². The van der Waals surface area contributed by atoms with Crippen molar-refractivity contribution in [3.05, 3.63) is 59.0 Å². The summed E-state index contributed by atoms with van der Waals surface area (Å²) in [6.07, 6.45) is 1.91. The number of ketones is 1. The average molecular weight is 256 g/mol. The number of hydrogen-bond donors (Lipinski definition) is 0. The van der Waals surface area contributed by atoms with Crippen LogP contribution in [-0.4, -0.2) is 5.78 Å². The molecule has 100 valence electrons. The van der Waals surface area contributed by atoms with Crippen molar-refractivity contribution in [1.82, 2.24) is 0 Å². The second-order valence-corrected chi connectivity index (χ2v) is 4.88. The second-order valence-electron chi connectivity index (χ2n) is 4.88. The standard InChI is InChI=1S/C17H20O2/c1-4-12(3)13-6-8-14(9-7-13)17(18)16-11-10-15(5-2)19-16/h6-12H,4-5H2,1-3H3. The van der Waals surface area contributed by atoms with Crippen molar-refractivity contribution in [2.24, 2.45) is 0 Å². The smallest absolute Gasteiger partial charge is 0.228 e. The van der Waals surface area contributed by atoms with Crippen molar-refractivity contribution in [2.75, 3.05) is 0 Å². The summed E-state index contributed by atoms with van der Waals surface area (Å²) in [5.74, 6) is 1.75. The summed E-state index contributed by atoms with van der Waals surface area (Å²) in [5.41, 5.74) is 1.96. The van der Waals surface area contributed by atoms with Gasteiger partial charge in [-0.2, -0.15) is 0 Å². The number of carbonyl (C=O) groups excluding carboxylic acids is 1. The summed E-state index contributed by atoms with van der Waals surface area (Å²) in [7, 11) is 0. The third-order valence-corrected chi connectivity index (χ3v) is 3.59. The van der Waals surface area contributed by atoms with E-state index in [9.17, 15) is 4.79 Å². The average Bonchev–Trinajstić information content (AvgIpc) is 2.94. The highest BCUT2D eigenvalue weighted by molar-refractivity contribution is 6.07. The highest BCUT2D eigenvalue weighted by Crippen LogP contribution is 2.20. The van der Waals surface area contributed by atoms with Gasteiger partial charge in [0.15, 0.2) is 5.76 Å². The Bertz CT molecular complexity index is 549. The van der Waals surface area contributed by atoms with Gasteiger partial charge >= 0.3 is 0 Å². The minimum Gasteiger partial charge on any atom is -0.458 e. The summed E-state index contributed by atoms with van der Waals surface area (Å²) < 4.78 is 5.50. The van der Waals surface area contributed by atoms with Gasteiger partial charge in [-0.1, -0.05) is 45.0 Å². The SMILES string of the molecule is CCc1ccc(C(=O)c2ccc(C(C)CC)cc2)o1. The molecule has 0 amide bonds.